The monoisotopic (exact) mass is 557 g/mol. The molecule has 0 aliphatic rings. The van der Waals surface area contributed by atoms with Gasteiger partial charge in [0.05, 0.1) is 11.0 Å². The fourth-order valence-corrected chi connectivity index (χ4v) is 7.60. The van der Waals surface area contributed by atoms with Crippen LogP contribution in [0.2, 0.25) is 0 Å². The number of hydrogen-bond acceptors (Lipinski definition) is 1. The average molecular weight is 558 g/mol. The second-order valence-corrected chi connectivity index (χ2v) is 13.3. The SMILES string of the molecule is CC(C)(C)c1ccc(-c2ccc(-n3c4ccccc4c4cc(-c5cccc6c5sc5ccccc56)ccc43)cc2)cc1. The Bertz CT molecular complexity index is 2260. The topological polar surface area (TPSA) is 4.93 Å². The Morgan fingerprint density at radius 2 is 1.12 bits per heavy atom. The lowest BCUT2D eigenvalue weighted by atomic mass is 9.86. The maximum absolute atomic E-state index is 2.40. The van der Waals surface area contributed by atoms with Gasteiger partial charge in [0.2, 0.25) is 0 Å². The molecule has 42 heavy (non-hydrogen) atoms. The highest BCUT2D eigenvalue weighted by Gasteiger charge is 2.16. The van der Waals surface area contributed by atoms with Gasteiger partial charge >= 0.3 is 0 Å². The van der Waals surface area contributed by atoms with Crippen LogP contribution in [-0.2, 0) is 5.41 Å². The van der Waals surface area contributed by atoms with E-state index in [4.69, 9.17) is 0 Å². The van der Waals surface area contributed by atoms with Crippen molar-refractivity contribution in [1.29, 1.82) is 0 Å². The molecule has 6 aromatic carbocycles. The van der Waals surface area contributed by atoms with E-state index in [1.54, 1.807) is 0 Å². The number of aromatic nitrogens is 1. The minimum Gasteiger partial charge on any atom is -0.309 e. The van der Waals surface area contributed by atoms with Crippen LogP contribution in [-0.4, -0.2) is 4.57 Å². The normalized spacial score (nSPS) is 12.2. The van der Waals surface area contributed by atoms with Crippen molar-refractivity contribution in [2.75, 3.05) is 0 Å². The van der Waals surface area contributed by atoms with Gasteiger partial charge in [-0.15, -0.1) is 11.3 Å². The number of para-hydroxylation sites is 1. The molecule has 0 N–H and O–H groups in total. The molecule has 202 valence electrons. The molecule has 0 saturated carbocycles. The third-order valence-electron chi connectivity index (χ3n) is 8.60. The molecule has 0 radical (unpaired) electrons. The van der Waals surface area contributed by atoms with Gasteiger partial charge in [0.25, 0.3) is 0 Å². The van der Waals surface area contributed by atoms with Gasteiger partial charge < -0.3 is 4.57 Å². The summed E-state index contributed by atoms with van der Waals surface area (Å²) in [6.07, 6.45) is 0. The van der Waals surface area contributed by atoms with Crippen LogP contribution < -0.4 is 0 Å². The molecular formula is C40H31NS. The number of benzene rings is 6. The fraction of sp³-hybridized carbons (Fsp3) is 0.100. The van der Waals surface area contributed by atoms with Crippen molar-refractivity contribution in [2.24, 2.45) is 0 Å². The molecule has 2 heterocycles. The summed E-state index contributed by atoms with van der Waals surface area (Å²) >= 11 is 1.89. The molecule has 0 saturated heterocycles. The number of hydrogen-bond donors (Lipinski definition) is 0. The van der Waals surface area contributed by atoms with E-state index in [1.165, 1.54) is 75.5 Å². The Kier molecular flexibility index (Phi) is 5.64. The fourth-order valence-electron chi connectivity index (χ4n) is 6.36. The minimum atomic E-state index is 0.156. The maximum atomic E-state index is 2.40. The Morgan fingerprint density at radius 1 is 0.500 bits per heavy atom. The van der Waals surface area contributed by atoms with Crippen molar-refractivity contribution >= 4 is 53.3 Å². The summed E-state index contributed by atoms with van der Waals surface area (Å²) < 4.78 is 5.10. The van der Waals surface area contributed by atoms with Gasteiger partial charge in [0, 0.05) is 36.6 Å². The smallest absolute Gasteiger partial charge is 0.0541 e. The molecular weight excluding hydrogens is 527 g/mol. The maximum Gasteiger partial charge on any atom is 0.0541 e. The first kappa shape index (κ1) is 25.1. The third-order valence-corrected chi connectivity index (χ3v) is 9.82. The first-order chi connectivity index (χ1) is 20.5. The van der Waals surface area contributed by atoms with E-state index in [9.17, 15) is 0 Å². The van der Waals surface area contributed by atoms with Crippen LogP contribution >= 0.6 is 11.3 Å². The summed E-state index contributed by atoms with van der Waals surface area (Å²) in [7, 11) is 0. The average Bonchev–Trinajstić information content (AvgIpc) is 3.56. The molecule has 0 amide bonds. The molecule has 1 nitrogen and oxygen atoms in total. The first-order valence-electron chi connectivity index (χ1n) is 14.6. The van der Waals surface area contributed by atoms with Gasteiger partial charge in [-0.1, -0.05) is 118 Å². The van der Waals surface area contributed by atoms with Crippen molar-refractivity contribution in [3.05, 3.63) is 139 Å². The van der Waals surface area contributed by atoms with Crippen molar-refractivity contribution in [2.45, 2.75) is 26.2 Å². The molecule has 8 rings (SSSR count). The second kappa shape index (κ2) is 9.44. The summed E-state index contributed by atoms with van der Waals surface area (Å²) in [5, 5.41) is 5.23. The summed E-state index contributed by atoms with van der Waals surface area (Å²) in [5.41, 5.74) is 10.2. The molecule has 8 aromatic rings. The number of nitrogens with zero attached hydrogens (tertiary/aromatic N) is 1. The van der Waals surface area contributed by atoms with E-state index >= 15 is 0 Å². The van der Waals surface area contributed by atoms with Gasteiger partial charge in [0.15, 0.2) is 0 Å². The van der Waals surface area contributed by atoms with Crippen molar-refractivity contribution in [1.82, 2.24) is 4.57 Å². The largest absolute Gasteiger partial charge is 0.309 e. The lowest BCUT2D eigenvalue weighted by molar-refractivity contribution is 0.590. The van der Waals surface area contributed by atoms with Crippen LogP contribution in [0.5, 0.6) is 0 Å². The van der Waals surface area contributed by atoms with Crippen molar-refractivity contribution in [3.8, 4) is 27.9 Å². The molecule has 0 atom stereocenters. The molecule has 2 heteroatoms. The van der Waals surface area contributed by atoms with Crippen LogP contribution in [0.15, 0.2) is 133 Å². The highest BCUT2D eigenvalue weighted by Crippen LogP contribution is 2.42. The molecule has 0 aliphatic heterocycles. The Balaban J connectivity index is 1.25. The molecule has 0 fully saturated rings. The van der Waals surface area contributed by atoms with Gasteiger partial charge in [0.1, 0.15) is 0 Å². The predicted octanol–water partition coefficient (Wildman–Crippen LogP) is 11.8. The quantitative estimate of drug-likeness (QED) is 0.204. The minimum absolute atomic E-state index is 0.156. The summed E-state index contributed by atoms with van der Waals surface area (Å²) in [5.74, 6) is 0. The van der Waals surface area contributed by atoms with Crippen molar-refractivity contribution in [3.63, 3.8) is 0 Å². The van der Waals surface area contributed by atoms with E-state index in [0.717, 1.165) is 0 Å². The van der Waals surface area contributed by atoms with E-state index in [0.29, 0.717) is 0 Å². The second-order valence-electron chi connectivity index (χ2n) is 12.2. The van der Waals surface area contributed by atoms with E-state index in [2.05, 4.69) is 159 Å². The molecule has 2 aromatic heterocycles. The van der Waals surface area contributed by atoms with Crippen LogP contribution in [0.1, 0.15) is 26.3 Å². The zero-order chi connectivity index (χ0) is 28.4. The Labute approximate surface area is 250 Å². The number of thiophene rings is 1. The Morgan fingerprint density at radius 3 is 1.88 bits per heavy atom. The lowest BCUT2D eigenvalue weighted by Gasteiger charge is -2.19. The zero-order valence-corrected chi connectivity index (χ0v) is 24.9. The van der Waals surface area contributed by atoms with Crippen LogP contribution in [0.25, 0.3) is 69.9 Å². The van der Waals surface area contributed by atoms with E-state index in [-0.39, 0.29) is 5.41 Å². The van der Waals surface area contributed by atoms with Crippen LogP contribution in [0.4, 0.5) is 0 Å². The molecule has 0 bridgehead atoms. The Hall–Kier alpha value is -4.66. The van der Waals surface area contributed by atoms with Gasteiger partial charge in [-0.2, -0.15) is 0 Å². The summed E-state index contributed by atoms with van der Waals surface area (Å²) in [4.78, 5) is 0. The van der Waals surface area contributed by atoms with E-state index < -0.39 is 0 Å². The summed E-state index contributed by atoms with van der Waals surface area (Å²) in [6, 6.07) is 49.2. The number of fused-ring (bicyclic) bond motifs is 6. The standard InChI is InChI=1S/C40H31NS/c1-40(2,3)29-20-15-26(16-21-29)27-17-22-30(23-18-27)41-36-13-6-4-9-32(36)35-25-28(19-24-37(35)41)31-11-8-12-34-33-10-5-7-14-38(33)42-39(31)34/h4-25H,1-3H3. The lowest BCUT2D eigenvalue weighted by Crippen LogP contribution is -2.10. The highest BCUT2D eigenvalue weighted by molar-refractivity contribution is 7.26. The third kappa shape index (κ3) is 3.98. The van der Waals surface area contributed by atoms with Crippen LogP contribution in [0.3, 0.4) is 0 Å². The highest BCUT2D eigenvalue weighted by atomic mass is 32.1. The summed E-state index contributed by atoms with van der Waals surface area (Å²) in [6.45, 7) is 6.78. The zero-order valence-electron chi connectivity index (χ0n) is 24.1. The first-order valence-corrected chi connectivity index (χ1v) is 15.4. The van der Waals surface area contributed by atoms with Gasteiger partial charge in [-0.3, -0.25) is 0 Å². The van der Waals surface area contributed by atoms with Gasteiger partial charge in [-0.05, 0) is 69.6 Å². The predicted molar refractivity (Wildman–Crippen MR) is 183 cm³/mol. The van der Waals surface area contributed by atoms with Crippen LogP contribution in [0, 0.1) is 0 Å². The number of rotatable bonds is 3. The van der Waals surface area contributed by atoms with Gasteiger partial charge in [-0.25, -0.2) is 0 Å². The van der Waals surface area contributed by atoms with E-state index in [1.807, 2.05) is 11.3 Å². The molecule has 0 aliphatic carbocycles. The molecule has 0 spiro atoms. The van der Waals surface area contributed by atoms with Crippen molar-refractivity contribution < 1.29 is 0 Å². The molecule has 0 unspecified atom stereocenters.